The Bertz CT molecular complexity index is 1220. The molecule has 2 amide bonds. The van der Waals surface area contributed by atoms with Crippen molar-refractivity contribution in [2.24, 2.45) is 11.8 Å². The number of benzene rings is 2. The summed E-state index contributed by atoms with van der Waals surface area (Å²) in [7, 11) is 0. The molecule has 0 aliphatic carbocycles. The van der Waals surface area contributed by atoms with Crippen molar-refractivity contribution in [3.63, 3.8) is 0 Å². The van der Waals surface area contributed by atoms with Crippen LogP contribution in [0.3, 0.4) is 0 Å². The molecule has 3 saturated heterocycles. The molecule has 1 spiro atoms. The van der Waals surface area contributed by atoms with E-state index in [1.165, 1.54) is 4.90 Å². The predicted octanol–water partition coefficient (Wildman–Crippen LogP) is 3.60. The normalized spacial score (nSPS) is 30.3. The Hall–Kier alpha value is -2.94. The molecule has 2 N–H and O–H groups in total. The number of hydrogen-bond acceptors (Lipinski definition) is 6. The molecule has 38 heavy (non-hydrogen) atoms. The second-order valence-electron chi connectivity index (χ2n) is 10.3. The summed E-state index contributed by atoms with van der Waals surface area (Å²) in [5.74, 6) is -3.03. The highest BCUT2D eigenvalue weighted by molar-refractivity contribution is 6.33. The van der Waals surface area contributed by atoms with Gasteiger partial charge in [0.05, 0.1) is 41.5 Å². The summed E-state index contributed by atoms with van der Waals surface area (Å²) in [5, 5.41) is 13.8. The van der Waals surface area contributed by atoms with Gasteiger partial charge in [-0.25, -0.2) is 0 Å². The third-order valence-corrected chi connectivity index (χ3v) is 8.79. The number of esters is 1. The number of amides is 2. The summed E-state index contributed by atoms with van der Waals surface area (Å²) < 4.78 is 12.1. The van der Waals surface area contributed by atoms with E-state index in [9.17, 15) is 19.5 Å². The van der Waals surface area contributed by atoms with Crippen LogP contribution in [0.25, 0.3) is 0 Å². The highest BCUT2D eigenvalue weighted by atomic mass is 35.5. The smallest absolute Gasteiger partial charge is 0.312 e. The van der Waals surface area contributed by atoms with Crippen molar-refractivity contribution < 1.29 is 29.0 Å². The molecule has 3 fully saturated rings. The summed E-state index contributed by atoms with van der Waals surface area (Å²) >= 11 is 6.34. The number of carbonyl (C=O) groups excluding carboxylic acids is 3. The summed E-state index contributed by atoms with van der Waals surface area (Å²) in [5.41, 5.74) is -0.776. The Morgan fingerprint density at radius 1 is 1.16 bits per heavy atom. The van der Waals surface area contributed by atoms with Crippen LogP contribution >= 0.6 is 11.6 Å². The number of para-hydroxylation sites is 1. The van der Waals surface area contributed by atoms with Crippen molar-refractivity contribution in [2.75, 3.05) is 18.5 Å². The third kappa shape index (κ3) is 4.10. The Morgan fingerprint density at radius 3 is 2.53 bits per heavy atom. The summed E-state index contributed by atoms with van der Waals surface area (Å²) in [6.45, 7) is 3.47. The first-order valence-electron chi connectivity index (χ1n) is 13.2. The van der Waals surface area contributed by atoms with Crippen LogP contribution < -0.4 is 5.32 Å². The molecule has 8 nitrogen and oxygen atoms in total. The quantitative estimate of drug-likeness (QED) is 0.471. The molecule has 2 aromatic carbocycles. The molecule has 9 heteroatoms. The lowest BCUT2D eigenvalue weighted by atomic mass is 9.65. The van der Waals surface area contributed by atoms with E-state index < -0.39 is 47.0 Å². The first-order valence-corrected chi connectivity index (χ1v) is 13.6. The Kier molecular flexibility index (Phi) is 7.24. The molecule has 2 bridgehead atoms. The molecule has 5 rings (SSSR count). The number of halogens is 1. The van der Waals surface area contributed by atoms with Crippen LogP contribution in [-0.4, -0.2) is 64.3 Å². The van der Waals surface area contributed by atoms with Gasteiger partial charge >= 0.3 is 5.97 Å². The van der Waals surface area contributed by atoms with E-state index in [4.69, 9.17) is 21.1 Å². The molecule has 0 radical (unpaired) electrons. The lowest BCUT2D eigenvalue weighted by Gasteiger charge is -2.37. The van der Waals surface area contributed by atoms with E-state index in [1.54, 1.807) is 31.2 Å². The van der Waals surface area contributed by atoms with Gasteiger partial charge in [0.15, 0.2) is 0 Å². The fraction of sp³-hybridized carbons (Fsp3) is 0.483. The first-order chi connectivity index (χ1) is 18.3. The Labute approximate surface area is 227 Å². The summed E-state index contributed by atoms with van der Waals surface area (Å²) in [6, 6.07) is 14.6. The maximum Gasteiger partial charge on any atom is 0.312 e. The lowest BCUT2D eigenvalue weighted by Crippen LogP contribution is -2.57. The zero-order chi connectivity index (χ0) is 27.1. The Balaban J connectivity index is 1.59. The number of ether oxygens (including phenoxy) is 2. The topological polar surface area (TPSA) is 105 Å². The average molecular weight is 541 g/mol. The number of nitrogens with zero attached hydrogens (tertiary/aromatic N) is 1. The van der Waals surface area contributed by atoms with E-state index in [0.29, 0.717) is 36.4 Å². The predicted molar refractivity (Wildman–Crippen MR) is 141 cm³/mol. The number of nitrogens with one attached hydrogen (secondary N) is 1. The van der Waals surface area contributed by atoms with Gasteiger partial charge in [-0.3, -0.25) is 14.4 Å². The number of hydrogen-bond donors (Lipinski definition) is 2. The van der Waals surface area contributed by atoms with Gasteiger partial charge in [0.2, 0.25) is 11.8 Å². The van der Waals surface area contributed by atoms with Crippen LogP contribution in [0.4, 0.5) is 5.69 Å². The molecule has 3 aliphatic rings. The first kappa shape index (κ1) is 26.7. The van der Waals surface area contributed by atoms with E-state index in [-0.39, 0.29) is 19.1 Å². The fourth-order valence-corrected chi connectivity index (χ4v) is 7.02. The highest BCUT2D eigenvalue weighted by Crippen LogP contribution is 2.64. The van der Waals surface area contributed by atoms with Crippen molar-refractivity contribution >= 4 is 35.1 Å². The van der Waals surface area contributed by atoms with Gasteiger partial charge in [-0.1, -0.05) is 61.0 Å². The van der Waals surface area contributed by atoms with Crippen LogP contribution in [0.2, 0.25) is 5.02 Å². The van der Waals surface area contributed by atoms with Crippen molar-refractivity contribution in [2.45, 2.75) is 62.8 Å². The monoisotopic (exact) mass is 540 g/mol. The average Bonchev–Trinajstić information content (AvgIpc) is 3.53. The van der Waals surface area contributed by atoms with Gasteiger partial charge in [-0.05, 0) is 50.3 Å². The van der Waals surface area contributed by atoms with Crippen molar-refractivity contribution in [1.82, 2.24) is 4.90 Å². The minimum Gasteiger partial charge on any atom is -0.466 e. The molecule has 0 saturated carbocycles. The molecule has 6 atom stereocenters. The van der Waals surface area contributed by atoms with Crippen molar-refractivity contribution in [3.05, 3.63) is 65.2 Å². The SMILES string of the molecule is CCOC(=O)[C@@H]1[C@H]2C(=O)N([C@@H](CO)Cc3ccccc3)C(C(=O)Nc3ccccc3Cl)C23CC[C@@]1(CC)O3. The van der Waals surface area contributed by atoms with E-state index in [2.05, 4.69) is 5.32 Å². The molecule has 3 aliphatic heterocycles. The van der Waals surface area contributed by atoms with Crippen LogP contribution in [0.15, 0.2) is 54.6 Å². The largest absolute Gasteiger partial charge is 0.466 e. The van der Waals surface area contributed by atoms with Crippen molar-refractivity contribution in [3.8, 4) is 0 Å². The van der Waals surface area contributed by atoms with Gasteiger partial charge in [-0.2, -0.15) is 0 Å². The van der Waals surface area contributed by atoms with E-state index >= 15 is 0 Å². The van der Waals surface area contributed by atoms with Crippen molar-refractivity contribution in [1.29, 1.82) is 0 Å². The second-order valence-corrected chi connectivity index (χ2v) is 10.7. The number of aliphatic hydroxyl groups excluding tert-OH is 1. The number of fused-ring (bicyclic) bond motifs is 1. The Morgan fingerprint density at radius 2 is 1.87 bits per heavy atom. The minimum atomic E-state index is -1.22. The molecular weight excluding hydrogens is 508 g/mol. The number of likely N-dealkylation sites (tertiary alicyclic amines) is 1. The van der Waals surface area contributed by atoms with E-state index in [0.717, 1.165) is 5.56 Å². The zero-order valence-corrected chi connectivity index (χ0v) is 22.3. The molecule has 2 unspecified atom stereocenters. The fourth-order valence-electron chi connectivity index (χ4n) is 6.84. The number of aliphatic hydroxyl groups is 1. The van der Waals surface area contributed by atoms with Gasteiger partial charge in [0, 0.05) is 0 Å². The lowest BCUT2D eigenvalue weighted by molar-refractivity contribution is -0.161. The third-order valence-electron chi connectivity index (χ3n) is 8.46. The molecule has 3 heterocycles. The molecule has 0 aromatic heterocycles. The standard InChI is InChI=1S/C29H33ClN2O6/c1-3-28-14-15-29(38-28)22(23(28)27(36)37-4-2)26(35)32(19(17-33)16-18-10-6-5-7-11-18)24(29)25(34)31-21-13-9-8-12-20(21)30/h5-13,19,22-24,33H,3-4,14-17H2,1-2H3,(H,31,34)/t19-,22+,23+,24?,28-,29?/m1/s1. The molecule has 2 aromatic rings. The van der Waals surface area contributed by atoms with Crippen LogP contribution in [0.1, 0.15) is 38.7 Å². The zero-order valence-electron chi connectivity index (χ0n) is 21.6. The van der Waals surface area contributed by atoms with Gasteiger partial charge < -0.3 is 24.8 Å². The minimum absolute atomic E-state index is 0.177. The van der Waals surface area contributed by atoms with Gasteiger partial charge in [-0.15, -0.1) is 0 Å². The number of anilines is 1. The number of carbonyl (C=O) groups is 3. The summed E-state index contributed by atoms with van der Waals surface area (Å²) in [4.78, 5) is 43.1. The molecule has 202 valence electrons. The highest BCUT2D eigenvalue weighted by Gasteiger charge is 2.79. The maximum atomic E-state index is 14.3. The van der Waals surface area contributed by atoms with Crippen LogP contribution in [0, 0.1) is 11.8 Å². The van der Waals surface area contributed by atoms with Crippen LogP contribution in [-0.2, 0) is 30.3 Å². The second kappa shape index (κ2) is 10.3. The maximum absolute atomic E-state index is 14.3. The summed E-state index contributed by atoms with van der Waals surface area (Å²) in [6.07, 6.45) is 1.82. The number of rotatable bonds is 9. The molecular formula is C29H33ClN2O6. The van der Waals surface area contributed by atoms with Crippen LogP contribution in [0.5, 0.6) is 0 Å². The van der Waals surface area contributed by atoms with Gasteiger partial charge in [0.1, 0.15) is 17.6 Å². The van der Waals surface area contributed by atoms with Gasteiger partial charge in [0.25, 0.3) is 0 Å². The van der Waals surface area contributed by atoms with E-state index in [1.807, 2.05) is 37.3 Å².